The summed E-state index contributed by atoms with van der Waals surface area (Å²) in [6, 6.07) is 5.20. The molecule has 1 aromatic carbocycles. The van der Waals surface area contributed by atoms with Gasteiger partial charge in [-0.25, -0.2) is 0 Å². The molecule has 0 saturated heterocycles. The minimum atomic E-state index is 0.119. The van der Waals surface area contributed by atoms with Crippen LogP contribution in [-0.2, 0) is 24.7 Å². The average Bonchev–Trinajstić information content (AvgIpc) is 2.60. The maximum absolute atomic E-state index is 12.2. The Kier molecular flexibility index (Phi) is 4.51. The summed E-state index contributed by atoms with van der Waals surface area (Å²) >= 11 is 11.9. The van der Waals surface area contributed by atoms with Crippen molar-refractivity contribution >= 4 is 29.0 Å². The lowest BCUT2D eigenvalue weighted by atomic mass is 10.0. The van der Waals surface area contributed by atoms with E-state index in [-0.39, 0.29) is 5.78 Å². The molecular weight excluding hydrogens is 295 g/mol. The second-order valence-electron chi connectivity index (χ2n) is 4.90. The van der Waals surface area contributed by atoms with Gasteiger partial charge in [0.25, 0.3) is 0 Å². The van der Waals surface area contributed by atoms with Crippen LogP contribution in [0.1, 0.15) is 22.5 Å². The number of nitrogens with zero attached hydrogens (tertiary/aromatic N) is 2. The summed E-state index contributed by atoms with van der Waals surface area (Å²) in [5.74, 6) is 0.119. The van der Waals surface area contributed by atoms with Gasteiger partial charge in [-0.2, -0.15) is 5.10 Å². The second-order valence-corrected chi connectivity index (χ2v) is 5.74. The van der Waals surface area contributed by atoms with E-state index < -0.39 is 0 Å². The van der Waals surface area contributed by atoms with Crippen molar-refractivity contribution < 1.29 is 4.79 Å². The lowest BCUT2D eigenvalue weighted by Crippen LogP contribution is -2.08. The van der Waals surface area contributed by atoms with E-state index in [1.165, 1.54) is 0 Å². The van der Waals surface area contributed by atoms with Gasteiger partial charge < -0.3 is 0 Å². The van der Waals surface area contributed by atoms with Crippen molar-refractivity contribution in [2.24, 2.45) is 7.05 Å². The van der Waals surface area contributed by atoms with E-state index in [2.05, 4.69) is 5.10 Å². The van der Waals surface area contributed by atoms with Crippen LogP contribution in [0.5, 0.6) is 0 Å². The highest BCUT2D eigenvalue weighted by Gasteiger charge is 2.15. The number of Topliss-reactive ketones (excluding diaryl/α,β-unsaturated/α-hetero) is 1. The fourth-order valence-corrected chi connectivity index (χ4v) is 2.69. The van der Waals surface area contributed by atoms with E-state index in [1.807, 2.05) is 20.9 Å². The normalized spacial score (nSPS) is 10.8. The van der Waals surface area contributed by atoms with Crippen molar-refractivity contribution in [2.75, 3.05) is 0 Å². The second kappa shape index (κ2) is 5.98. The van der Waals surface area contributed by atoms with Gasteiger partial charge in [-0.15, -0.1) is 0 Å². The first kappa shape index (κ1) is 15.1. The number of hydrogen-bond acceptors (Lipinski definition) is 2. The molecule has 0 atom stereocenters. The van der Waals surface area contributed by atoms with Gasteiger partial charge in [0.2, 0.25) is 0 Å². The highest BCUT2D eigenvalue weighted by atomic mass is 35.5. The van der Waals surface area contributed by atoms with Crippen LogP contribution in [0, 0.1) is 13.8 Å². The number of benzene rings is 1. The van der Waals surface area contributed by atoms with Crippen molar-refractivity contribution in [3.8, 4) is 0 Å². The summed E-state index contributed by atoms with van der Waals surface area (Å²) in [5, 5.41) is 5.43. The summed E-state index contributed by atoms with van der Waals surface area (Å²) < 4.78 is 1.80. The van der Waals surface area contributed by atoms with E-state index in [4.69, 9.17) is 23.2 Å². The number of carbonyl (C=O) groups excluding carboxylic acids is 1. The van der Waals surface area contributed by atoms with Crippen LogP contribution in [0.25, 0.3) is 0 Å². The summed E-state index contributed by atoms with van der Waals surface area (Å²) in [4.78, 5) is 12.2. The highest BCUT2D eigenvalue weighted by Crippen LogP contribution is 2.22. The zero-order valence-corrected chi connectivity index (χ0v) is 13.2. The molecule has 106 valence electrons. The van der Waals surface area contributed by atoms with Gasteiger partial charge in [0, 0.05) is 41.2 Å². The third kappa shape index (κ3) is 3.22. The smallest absolute Gasteiger partial charge is 0.141 e. The SMILES string of the molecule is Cc1nn(C)c(C)c1CC(=O)Cc1ccc(Cl)cc1Cl. The van der Waals surface area contributed by atoms with Gasteiger partial charge in [0.15, 0.2) is 0 Å². The largest absolute Gasteiger partial charge is 0.299 e. The van der Waals surface area contributed by atoms with E-state index in [1.54, 1.807) is 22.9 Å². The third-order valence-corrected chi connectivity index (χ3v) is 4.02. The van der Waals surface area contributed by atoms with E-state index in [0.717, 1.165) is 22.5 Å². The Balaban J connectivity index is 2.13. The molecule has 0 amide bonds. The molecule has 1 heterocycles. The van der Waals surface area contributed by atoms with Gasteiger partial charge in [-0.1, -0.05) is 29.3 Å². The summed E-state index contributed by atoms with van der Waals surface area (Å²) in [6.07, 6.45) is 0.689. The van der Waals surface area contributed by atoms with Crippen molar-refractivity contribution in [1.82, 2.24) is 9.78 Å². The molecule has 0 unspecified atom stereocenters. The molecule has 1 aromatic heterocycles. The first-order chi connectivity index (χ1) is 9.38. The molecule has 20 heavy (non-hydrogen) atoms. The molecule has 2 rings (SSSR count). The predicted molar refractivity (Wildman–Crippen MR) is 81.6 cm³/mol. The monoisotopic (exact) mass is 310 g/mol. The fourth-order valence-electron chi connectivity index (χ4n) is 2.21. The number of carbonyl (C=O) groups is 1. The zero-order valence-electron chi connectivity index (χ0n) is 11.7. The molecule has 0 aliphatic heterocycles. The lowest BCUT2D eigenvalue weighted by molar-refractivity contribution is -0.117. The Morgan fingerprint density at radius 2 is 1.95 bits per heavy atom. The summed E-state index contributed by atoms with van der Waals surface area (Å²) in [5.41, 5.74) is 3.74. The van der Waals surface area contributed by atoms with Crippen LogP contribution in [0.2, 0.25) is 10.0 Å². The first-order valence-corrected chi connectivity index (χ1v) is 7.08. The van der Waals surface area contributed by atoms with Gasteiger partial charge >= 0.3 is 0 Å². The van der Waals surface area contributed by atoms with Crippen molar-refractivity contribution in [1.29, 1.82) is 0 Å². The first-order valence-electron chi connectivity index (χ1n) is 6.33. The fraction of sp³-hybridized carbons (Fsp3) is 0.333. The van der Waals surface area contributed by atoms with Gasteiger partial charge in [-0.05, 0) is 31.5 Å². The molecule has 0 radical (unpaired) electrons. The molecule has 0 aliphatic rings. The Morgan fingerprint density at radius 1 is 1.25 bits per heavy atom. The van der Waals surface area contributed by atoms with E-state index in [9.17, 15) is 4.79 Å². The molecular formula is C15H16Cl2N2O. The minimum absolute atomic E-state index is 0.119. The van der Waals surface area contributed by atoms with E-state index >= 15 is 0 Å². The van der Waals surface area contributed by atoms with Crippen LogP contribution in [0.15, 0.2) is 18.2 Å². The average molecular weight is 311 g/mol. The maximum Gasteiger partial charge on any atom is 0.141 e. The van der Waals surface area contributed by atoms with Crippen LogP contribution in [0.4, 0.5) is 0 Å². The summed E-state index contributed by atoms with van der Waals surface area (Å²) in [7, 11) is 1.88. The zero-order chi connectivity index (χ0) is 14.9. The number of hydrogen-bond donors (Lipinski definition) is 0. The molecule has 0 aliphatic carbocycles. The molecule has 3 nitrogen and oxygen atoms in total. The lowest BCUT2D eigenvalue weighted by Gasteiger charge is -2.05. The van der Waals surface area contributed by atoms with Crippen molar-refractivity contribution in [3.05, 3.63) is 50.8 Å². The highest BCUT2D eigenvalue weighted by molar-refractivity contribution is 6.35. The van der Waals surface area contributed by atoms with Gasteiger partial charge in [0.1, 0.15) is 5.78 Å². The van der Waals surface area contributed by atoms with E-state index in [0.29, 0.717) is 22.9 Å². The number of rotatable bonds is 4. The Bertz CT molecular complexity index is 662. The number of aromatic nitrogens is 2. The molecule has 0 fully saturated rings. The van der Waals surface area contributed by atoms with Crippen LogP contribution < -0.4 is 0 Å². The van der Waals surface area contributed by atoms with Crippen molar-refractivity contribution in [3.63, 3.8) is 0 Å². The number of aryl methyl sites for hydroxylation is 2. The van der Waals surface area contributed by atoms with Gasteiger partial charge in [-0.3, -0.25) is 9.48 Å². The quantitative estimate of drug-likeness (QED) is 0.863. The van der Waals surface area contributed by atoms with Crippen molar-refractivity contribution in [2.45, 2.75) is 26.7 Å². The molecule has 2 aromatic rings. The Labute approximate surface area is 128 Å². The molecule has 0 bridgehead atoms. The predicted octanol–water partition coefficient (Wildman–Crippen LogP) is 3.70. The van der Waals surface area contributed by atoms with Crippen LogP contribution in [-0.4, -0.2) is 15.6 Å². The number of halogens is 2. The van der Waals surface area contributed by atoms with Gasteiger partial charge in [0.05, 0.1) is 5.69 Å². The minimum Gasteiger partial charge on any atom is -0.299 e. The third-order valence-electron chi connectivity index (χ3n) is 3.44. The van der Waals surface area contributed by atoms with Crippen LogP contribution >= 0.6 is 23.2 Å². The molecule has 0 N–H and O–H groups in total. The topological polar surface area (TPSA) is 34.9 Å². The number of ketones is 1. The van der Waals surface area contributed by atoms with Crippen LogP contribution in [0.3, 0.4) is 0 Å². The maximum atomic E-state index is 12.2. The Morgan fingerprint density at radius 3 is 2.50 bits per heavy atom. The molecule has 0 spiro atoms. The Hall–Kier alpha value is -1.32. The molecule has 5 heteroatoms. The summed E-state index contributed by atoms with van der Waals surface area (Å²) in [6.45, 7) is 3.89. The standard InChI is InChI=1S/C15H16Cl2N2O/c1-9-14(10(2)19(3)18-9)8-13(20)6-11-4-5-12(16)7-15(11)17/h4-5,7H,6,8H2,1-3H3. The molecule has 0 saturated carbocycles.